The number of alkyl halides is 1. The van der Waals surface area contributed by atoms with Crippen molar-refractivity contribution in [1.82, 2.24) is 0 Å². The first-order chi connectivity index (χ1) is 25.7. The number of fused-ring (bicyclic) bond motifs is 10. The first kappa shape index (κ1) is 33.4. The van der Waals surface area contributed by atoms with Crippen molar-refractivity contribution in [2.45, 2.75) is 68.1 Å². The minimum Gasteiger partial charge on any atom is -0.0813 e. The van der Waals surface area contributed by atoms with Gasteiger partial charge in [-0.25, -0.2) is 0 Å². The second kappa shape index (κ2) is 12.4. The molecular weight excluding hydrogens is 751 g/mol. The van der Waals surface area contributed by atoms with E-state index in [1.54, 1.807) is 11.1 Å². The van der Waals surface area contributed by atoms with Gasteiger partial charge in [-0.2, -0.15) is 0 Å². The van der Waals surface area contributed by atoms with E-state index in [1.807, 2.05) is 0 Å². The predicted octanol–water partition coefficient (Wildman–Crippen LogP) is 14.8. The monoisotopic (exact) mass is 798 g/mol. The molecule has 3 aliphatic carbocycles. The second-order valence-corrected chi connectivity index (χ2v) is 18.9. The van der Waals surface area contributed by atoms with Gasteiger partial charge in [0.2, 0.25) is 0 Å². The van der Waals surface area contributed by atoms with Gasteiger partial charge in [0.05, 0.1) is 0 Å². The molecule has 0 N–H and O–H groups in total. The maximum Gasteiger partial charge on any atom is 0.0361 e. The lowest BCUT2D eigenvalue weighted by Gasteiger charge is -2.53. The number of hydrogen-bond donors (Lipinski definition) is 0. The molecule has 2 fully saturated rings. The van der Waals surface area contributed by atoms with Gasteiger partial charge in [0.25, 0.3) is 0 Å². The predicted molar refractivity (Wildman–Crippen MR) is 235 cm³/mol. The van der Waals surface area contributed by atoms with Gasteiger partial charge in [-0.05, 0) is 132 Å². The van der Waals surface area contributed by atoms with E-state index in [-0.39, 0.29) is 10.8 Å². The number of rotatable bonds is 3. The maximum atomic E-state index is 2.87. The summed E-state index contributed by atoms with van der Waals surface area (Å²) in [6, 6.07) is 53.6. The van der Waals surface area contributed by atoms with Crippen LogP contribution in [0.25, 0.3) is 66.1 Å². The van der Waals surface area contributed by atoms with Crippen LogP contribution >= 0.6 is 22.6 Å². The highest BCUT2D eigenvalue weighted by Gasteiger charge is 2.57. The van der Waals surface area contributed by atoms with Crippen LogP contribution in [0.15, 0.2) is 140 Å². The Kier molecular flexibility index (Phi) is 7.82. The summed E-state index contributed by atoms with van der Waals surface area (Å²) in [5.41, 5.74) is 15.5. The van der Waals surface area contributed by atoms with Gasteiger partial charge in [-0.3, -0.25) is 0 Å². The third-order valence-electron chi connectivity index (χ3n) is 13.3. The molecule has 0 radical (unpaired) electrons. The highest BCUT2D eigenvalue weighted by atomic mass is 127. The molecule has 262 valence electrons. The molecule has 0 amide bonds. The van der Waals surface area contributed by atoms with Crippen molar-refractivity contribution in [3.05, 3.63) is 156 Å². The molecule has 0 aliphatic heterocycles. The average molecular weight is 799 g/mol. The fraction of sp³-hybridized carbons (Fsp3) is 0.269. The van der Waals surface area contributed by atoms with Crippen molar-refractivity contribution < 1.29 is 0 Å². The Morgan fingerprint density at radius 1 is 0.491 bits per heavy atom. The molecule has 3 aliphatic rings. The van der Waals surface area contributed by atoms with Crippen LogP contribution in [0.4, 0.5) is 0 Å². The van der Waals surface area contributed by atoms with Crippen LogP contribution in [0.3, 0.4) is 0 Å². The van der Waals surface area contributed by atoms with E-state index in [2.05, 4.69) is 190 Å². The topological polar surface area (TPSA) is 0 Å². The fourth-order valence-corrected chi connectivity index (χ4v) is 13.1. The van der Waals surface area contributed by atoms with E-state index >= 15 is 0 Å². The second-order valence-electron chi connectivity index (χ2n) is 17.4. The third-order valence-corrected chi connectivity index (χ3v) is 14.8. The fourth-order valence-electron chi connectivity index (χ4n) is 11.2. The van der Waals surface area contributed by atoms with Crippen LogP contribution in [-0.2, 0) is 10.8 Å². The highest BCUT2D eigenvalue weighted by Crippen LogP contribution is 2.65. The Morgan fingerprint density at radius 2 is 1.04 bits per heavy atom. The average Bonchev–Trinajstić information content (AvgIpc) is 3.47. The molecule has 0 nitrogen and oxygen atoms in total. The number of halogens is 1. The Bertz CT molecular complexity index is 2490. The molecule has 2 saturated carbocycles. The molecule has 0 saturated heterocycles. The van der Waals surface area contributed by atoms with E-state index in [0.717, 1.165) is 11.8 Å². The number of benzene rings is 7. The van der Waals surface area contributed by atoms with Crippen molar-refractivity contribution in [3.63, 3.8) is 0 Å². The summed E-state index contributed by atoms with van der Waals surface area (Å²) in [6.45, 7) is 9.39. The first-order valence-corrected chi connectivity index (χ1v) is 21.0. The molecule has 10 rings (SSSR count). The molecule has 0 aromatic heterocycles. The van der Waals surface area contributed by atoms with Crippen molar-refractivity contribution in [2.75, 3.05) is 0 Å². The van der Waals surface area contributed by atoms with Crippen LogP contribution in [0, 0.1) is 17.8 Å². The zero-order chi connectivity index (χ0) is 36.1. The number of hydrogen-bond acceptors (Lipinski definition) is 0. The van der Waals surface area contributed by atoms with Crippen LogP contribution in [0.1, 0.15) is 70.1 Å². The van der Waals surface area contributed by atoms with E-state index in [0.29, 0.717) is 9.84 Å². The van der Waals surface area contributed by atoms with E-state index in [1.165, 1.54) is 97.3 Å². The van der Waals surface area contributed by atoms with Gasteiger partial charge < -0.3 is 0 Å². The zero-order valence-corrected chi connectivity index (χ0v) is 33.5. The van der Waals surface area contributed by atoms with Crippen molar-refractivity contribution in [3.8, 4) is 44.5 Å². The molecule has 5 atom stereocenters. The summed E-state index contributed by atoms with van der Waals surface area (Å²) in [5.74, 6) is 2.33. The van der Waals surface area contributed by atoms with Crippen LogP contribution < -0.4 is 0 Å². The summed E-state index contributed by atoms with van der Waals surface area (Å²) >= 11 is 2.87. The van der Waals surface area contributed by atoms with Crippen LogP contribution in [-0.4, -0.2) is 3.92 Å². The maximum absolute atomic E-state index is 2.87. The molecule has 2 bridgehead atoms. The molecule has 53 heavy (non-hydrogen) atoms. The molecule has 5 unspecified atom stereocenters. The van der Waals surface area contributed by atoms with E-state index in [9.17, 15) is 0 Å². The third kappa shape index (κ3) is 4.98. The minimum absolute atomic E-state index is 0.0617. The molecule has 7 aromatic carbocycles. The summed E-state index contributed by atoms with van der Waals surface area (Å²) < 4.78 is 0.585. The SMILES string of the molecule is CC1CC2CC(I)C3(c4ccccc4-c4c(-c5ccccc5-c5c6ccccc6c(-c6ccc(C(C)(C)C)cc6)c6ccccc56)cccc43)C(C1)C2. The lowest BCUT2D eigenvalue weighted by molar-refractivity contribution is 0.0955. The molecule has 7 aromatic rings. The Morgan fingerprint density at radius 3 is 1.70 bits per heavy atom. The Hall–Kier alpha value is -4.21. The van der Waals surface area contributed by atoms with Gasteiger partial charge in [0.15, 0.2) is 0 Å². The smallest absolute Gasteiger partial charge is 0.0361 e. The Labute approximate surface area is 328 Å². The minimum atomic E-state index is 0.0617. The molecule has 1 heteroatoms. The van der Waals surface area contributed by atoms with Crippen molar-refractivity contribution >= 4 is 44.1 Å². The van der Waals surface area contributed by atoms with Gasteiger partial charge in [0, 0.05) is 9.34 Å². The zero-order valence-electron chi connectivity index (χ0n) is 31.3. The van der Waals surface area contributed by atoms with E-state index < -0.39 is 0 Å². The van der Waals surface area contributed by atoms with Crippen molar-refractivity contribution in [1.29, 1.82) is 0 Å². The normalized spacial score (nSPS) is 23.3. The highest BCUT2D eigenvalue weighted by molar-refractivity contribution is 14.1. The van der Waals surface area contributed by atoms with Gasteiger partial charge >= 0.3 is 0 Å². The van der Waals surface area contributed by atoms with Crippen LogP contribution in [0.5, 0.6) is 0 Å². The lowest BCUT2D eigenvalue weighted by Crippen LogP contribution is -2.50. The van der Waals surface area contributed by atoms with Gasteiger partial charge in [-0.15, -0.1) is 0 Å². The molecular formula is C52H47I. The quantitative estimate of drug-likeness (QED) is 0.0949. The van der Waals surface area contributed by atoms with Gasteiger partial charge in [-0.1, -0.05) is 190 Å². The first-order valence-electron chi connectivity index (χ1n) is 19.8. The summed E-state index contributed by atoms with van der Waals surface area (Å²) in [6.07, 6.45) is 5.41. The summed E-state index contributed by atoms with van der Waals surface area (Å²) in [4.78, 5) is 0. The van der Waals surface area contributed by atoms with E-state index in [4.69, 9.17) is 0 Å². The summed E-state index contributed by atoms with van der Waals surface area (Å²) in [5, 5.41) is 5.22. The molecule has 1 spiro atoms. The molecule has 0 heterocycles. The Balaban J connectivity index is 1.23. The largest absolute Gasteiger partial charge is 0.0813 e. The van der Waals surface area contributed by atoms with Gasteiger partial charge in [0.1, 0.15) is 0 Å². The van der Waals surface area contributed by atoms with Crippen molar-refractivity contribution in [2.24, 2.45) is 17.8 Å². The summed E-state index contributed by atoms with van der Waals surface area (Å²) in [7, 11) is 0. The lowest BCUT2D eigenvalue weighted by atomic mass is 9.53. The van der Waals surface area contributed by atoms with Crippen LogP contribution in [0.2, 0.25) is 0 Å². The standard InChI is InChI=1S/C52H47I/c1-32-28-33-30-36(29-32)52(47(53)31-33)45-22-12-11-20-44(45)50-39(21-13-23-46(50)52)37-14-5-6-15-38(37)49-42-18-9-7-16-40(42)48(41-17-8-10-19-43(41)49)34-24-26-35(27-25-34)51(2,3)4/h5-27,32-33,36,47H,28-31H2,1-4H3.